The summed E-state index contributed by atoms with van der Waals surface area (Å²) in [6.07, 6.45) is -5.75. The van der Waals surface area contributed by atoms with E-state index in [1.165, 1.54) is 18.2 Å². The first kappa shape index (κ1) is 19.6. The SMILES string of the molecule is CCn1c(=O)[nH]c2cc(C(=O)N3CCC(C(=O)O)(C(F)(F)F)C3)ccc2c1=O. The lowest BCUT2D eigenvalue weighted by atomic mass is 9.86. The number of amides is 1. The minimum absolute atomic E-state index is 0.0554. The number of H-pyrrole nitrogens is 1. The quantitative estimate of drug-likeness (QED) is 0.805. The highest BCUT2D eigenvalue weighted by Gasteiger charge is 2.64. The molecule has 1 fully saturated rings. The van der Waals surface area contributed by atoms with Crippen molar-refractivity contribution in [1.82, 2.24) is 14.5 Å². The molecule has 1 aliphatic heterocycles. The number of nitrogens with zero attached hydrogens (tertiary/aromatic N) is 2. The van der Waals surface area contributed by atoms with Crippen molar-refractivity contribution >= 4 is 22.8 Å². The standard InChI is InChI=1S/C17H16F3N3O5/c1-2-23-13(25)10-4-3-9(7-11(10)21-15(23)28)12(24)22-6-5-16(8-22,14(26)27)17(18,19)20/h3-4,7H,2,5-6,8H2,1H3,(H,21,28)(H,26,27). The number of nitrogens with one attached hydrogen (secondary N) is 1. The molecule has 0 saturated carbocycles. The van der Waals surface area contributed by atoms with Crippen molar-refractivity contribution < 1.29 is 27.9 Å². The van der Waals surface area contributed by atoms with Crippen molar-refractivity contribution in [2.75, 3.05) is 13.1 Å². The van der Waals surface area contributed by atoms with Crippen LogP contribution in [0.25, 0.3) is 10.9 Å². The molecule has 1 aromatic heterocycles. The van der Waals surface area contributed by atoms with Gasteiger partial charge in [-0.3, -0.25) is 19.0 Å². The molecule has 150 valence electrons. The number of carbonyl (C=O) groups excluding carboxylic acids is 1. The maximum absolute atomic E-state index is 13.3. The lowest BCUT2D eigenvalue weighted by Gasteiger charge is -2.27. The number of carboxylic acids is 1. The highest BCUT2D eigenvalue weighted by Crippen LogP contribution is 2.46. The van der Waals surface area contributed by atoms with E-state index in [2.05, 4.69) is 4.98 Å². The van der Waals surface area contributed by atoms with E-state index in [9.17, 15) is 32.3 Å². The second kappa shape index (κ2) is 6.50. The molecule has 1 unspecified atom stereocenters. The zero-order chi connectivity index (χ0) is 20.9. The molecule has 2 heterocycles. The van der Waals surface area contributed by atoms with E-state index in [0.717, 1.165) is 9.47 Å². The molecule has 1 aromatic carbocycles. The number of rotatable bonds is 3. The summed E-state index contributed by atoms with van der Waals surface area (Å²) in [5.74, 6) is -2.84. The van der Waals surface area contributed by atoms with E-state index in [1.54, 1.807) is 6.92 Å². The van der Waals surface area contributed by atoms with E-state index in [4.69, 9.17) is 5.11 Å². The topological polar surface area (TPSA) is 112 Å². The van der Waals surface area contributed by atoms with Gasteiger partial charge in [-0.25, -0.2) is 4.79 Å². The molecule has 0 radical (unpaired) electrons. The van der Waals surface area contributed by atoms with Gasteiger partial charge in [0.2, 0.25) is 0 Å². The smallest absolute Gasteiger partial charge is 0.406 e. The second-order valence-electron chi connectivity index (χ2n) is 6.60. The predicted octanol–water partition coefficient (Wildman–Crippen LogP) is 1.19. The Bertz CT molecular complexity index is 1090. The Hall–Kier alpha value is -3.11. The van der Waals surface area contributed by atoms with Crippen LogP contribution in [0.5, 0.6) is 0 Å². The Kier molecular flexibility index (Phi) is 4.56. The van der Waals surface area contributed by atoms with Gasteiger partial charge in [0.05, 0.1) is 10.9 Å². The highest BCUT2D eigenvalue weighted by atomic mass is 19.4. The first-order chi connectivity index (χ1) is 13.0. The van der Waals surface area contributed by atoms with Crippen molar-refractivity contribution in [3.63, 3.8) is 0 Å². The molecule has 8 nitrogen and oxygen atoms in total. The molecule has 0 bridgehead atoms. The number of aromatic amines is 1. The molecule has 0 spiro atoms. The third kappa shape index (κ3) is 2.86. The fraction of sp³-hybridized carbons (Fsp3) is 0.412. The summed E-state index contributed by atoms with van der Waals surface area (Å²) in [7, 11) is 0. The average Bonchev–Trinajstić information content (AvgIpc) is 3.08. The molecule has 0 aliphatic carbocycles. The van der Waals surface area contributed by atoms with E-state index >= 15 is 0 Å². The molecule has 1 aliphatic rings. The summed E-state index contributed by atoms with van der Waals surface area (Å²) in [6.45, 7) is 0.379. The normalized spacial score (nSPS) is 19.9. The molecule has 2 N–H and O–H groups in total. The van der Waals surface area contributed by atoms with Crippen LogP contribution in [0.4, 0.5) is 13.2 Å². The Morgan fingerprint density at radius 2 is 1.96 bits per heavy atom. The third-order valence-corrected chi connectivity index (χ3v) is 5.05. The van der Waals surface area contributed by atoms with Crippen molar-refractivity contribution in [2.45, 2.75) is 26.1 Å². The summed E-state index contributed by atoms with van der Waals surface area (Å²) < 4.78 is 40.8. The van der Waals surface area contributed by atoms with Crippen LogP contribution < -0.4 is 11.2 Å². The summed E-state index contributed by atoms with van der Waals surface area (Å²) in [4.78, 5) is 51.3. The number of aliphatic carboxylic acids is 1. The Morgan fingerprint density at radius 1 is 1.29 bits per heavy atom. The maximum Gasteiger partial charge on any atom is 0.406 e. The van der Waals surface area contributed by atoms with Crippen LogP contribution in [0.3, 0.4) is 0 Å². The van der Waals surface area contributed by atoms with E-state index in [0.29, 0.717) is 0 Å². The van der Waals surface area contributed by atoms with Crippen LogP contribution in [-0.2, 0) is 11.3 Å². The van der Waals surface area contributed by atoms with Gasteiger partial charge >= 0.3 is 17.8 Å². The number of benzene rings is 1. The van der Waals surface area contributed by atoms with Gasteiger partial charge in [-0.1, -0.05) is 0 Å². The van der Waals surface area contributed by atoms with Crippen molar-refractivity contribution in [1.29, 1.82) is 0 Å². The summed E-state index contributed by atoms with van der Waals surface area (Å²) in [5.41, 5.74) is -4.22. The van der Waals surface area contributed by atoms with Gasteiger partial charge in [-0.15, -0.1) is 0 Å². The Morgan fingerprint density at radius 3 is 2.50 bits per heavy atom. The van der Waals surface area contributed by atoms with Gasteiger partial charge in [0.1, 0.15) is 0 Å². The van der Waals surface area contributed by atoms with Crippen LogP contribution in [0.15, 0.2) is 27.8 Å². The lowest BCUT2D eigenvalue weighted by Crippen LogP contribution is -2.47. The number of hydrogen-bond donors (Lipinski definition) is 2. The zero-order valence-corrected chi connectivity index (χ0v) is 14.7. The monoisotopic (exact) mass is 399 g/mol. The molecular formula is C17H16F3N3O5. The van der Waals surface area contributed by atoms with Crippen LogP contribution in [-0.4, -0.2) is 50.7 Å². The minimum Gasteiger partial charge on any atom is -0.481 e. The Labute approximate surface area is 155 Å². The largest absolute Gasteiger partial charge is 0.481 e. The number of hydrogen-bond acceptors (Lipinski definition) is 4. The van der Waals surface area contributed by atoms with E-state index in [-0.39, 0.29) is 29.6 Å². The third-order valence-electron chi connectivity index (χ3n) is 5.05. The summed E-state index contributed by atoms with van der Waals surface area (Å²) in [6, 6.07) is 3.77. The maximum atomic E-state index is 13.3. The van der Waals surface area contributed by atoms with Crippen LogP contribution in [0.1, 0.15) is 23.7 Å². The Balaban J connectivity index is 1.98. The number of carbonyl (C=O) groups is 2. The molecule has 1 saturated heterocycles. The summed E-state index contributed by atoms with van der Waals surface area (Å²) in [5, 5.41) is 9.23. The fourth-order valence-electron chi connectivity index (χ4n) is 3.37. The molecule has 2 aromatic rings. The van der Waals surface area contributed by atoms with Gasteiger partial charge in [0, 0.05) is 25.2 Å². The lowest BCUT2D eigenvalue weighted by molar-refractivity contribution is -0.227. The number of halogens is 3. The fourth-order valence-corrected chi connectivity index (χ4v) is 3.37. The molecular weight excluding hydrogens is 383 g/mol. The van der Waals surface area contributed by atoms with E-state index in [1.807, 2.05) is 0 Å². The number of aromatic nitrogens is 2. The van der Waals surface area contributed by atoms with Crippen LogP contribution in [0.2, 0.25) is 0 Å². The van der Waals surface area contributed by atoms with Crippen molar-refractivity contribution in [2.24, 2.45) is 5.41 Å². The number of likely N-dealkylation sites (tertiary alicyclic amines) is 1. The van der Waals surface area contributed by atoms with Crippen molar-refractivity contribution in [3.8, 4) is 0 Å². The van der Waals surface area contributed by atoms with Gasteiger partial charge in [-0.05, 0) is 31.5 Å². The first-order valence-corrected chi connectivity index (χ1v) is 8.38. The molecule has 11 heteroatoms. The zero-order valence-electron chi connectivity index (χ0n) is 14.7. The van der Waals surface area contributed by atoms with Crippen LogP contribution >= 0.6 is 0 Å². The average molecular weight is 399 g/mol. The number of carboxylic acid groups (broad SMARTS) is 1. The number of fused-ring (bicyclic) bond motifs is 1. The van der Waals surface area contributed by atoms with Gasteiger partial charge in [0.25, 0.3) is 11.5 Å². The predicted molar refractivity (Wildman–Crippen MR) is 91.1 cm³/mol. The van der Waals surface area contributed by atoms with Crippen molar-refractivity contribution in [3.05, 3.63) is 44.6 Å². The molecule has 28 heavy (non-hydrogen) atoms. The van der Waals surface area contributed by atoms with Gasteiger partial charge < -0.3 is 15.0 Å². The summed E-state index contributed by atoms with van der Waals surface area (Å²) >= 11 is 0. The van der Waals surface area contributed by atoms with E-state index < -0.39 is 47.7 Å². The van der Waals surface area contributed by atoms with Gasteiger partial charge in [-0.2, -0.15) is 13.2 Å². The molecule has 1 amide bonds. The second-order valence-corrected chi connectivity index (χ2v) is 6.60. The highest BCUT2D eigenvalue weighted by molar-refractivity contribution is 5.98. The number of alkyl halides is 3. The molecule has 3 rings (SSSR count). The minimum atomic E-state index is -5.01. The van der Waals surface area contributed by atoms with Crippen LogP contribution in [0, 0.1) is 5.41 Å². The molecule has 1 atom stereocenters. The first-order valence-electron chi connectivity index (χ1n) is 8.38. The van der Waals surface area contributed by atoms with Gasteiger partial charge in [0.15, 0.2) is 5.41 Å².